The van der Waals surface area contributed by atoms with E-state index >= 15 is 0 Å². The number of nitrogens with zero attached hydrogens (tertiary/aromatic N) is 1. The molecular formula is C18H24N2O. The number of benzene rings is 1. The largest absolute Gasteiger partial charge is 0.493 e. The Hall–Kier alpha value is -1.87. The highest BCUT2D eigenvalue weighted by Crippen LogP contribution is 2.29. The van der Waals surface area contributed by atoms with Crippen molar-refractivity contribution in [3.05, 3.63) is 47.7 Å². The van der Waals surface area contributed by atoms with Crippen LogP contribution in [0.15, 0.2) is 36.4 Å². The van der Waals surface area contributed by atoms with E-state index in [0.717, 1.165) is 29.2 Å². The average molecular weight is 284 g/mol. The van der Waals surface area contributed by atoms with Crippen LogP contribution in [0.3, 0.4) is 0 Å². The number of rotatable bonds is 6. The Labute approximate surface area is 127 Å². The van der Waals surface area contributed by atoms with Crippen molar-refractivity contribution in [3.63, 3.8) is 0 Å². The molecule has 0 unspecified atom stereocenters. The third kappa shape index (κ3) is 4.05. The van der Waals surface area contributed by atoms with Gasteiger partial charge in [0.2, 0.25) is 0 Å². The van der Waals surface area contributed by atoms with Crippen LogP contribution in [0.5, 0.6) is 5.75 Å². The van der Waals surface area contributed by atoms with E-state index in [1.165, 1.54) is 5.56 Å². The van der Waals surface area contributed by atoms with Crippen molar-refractivity contribution in [3.8, 4) is 17.0 Å². The first-order valence-corrected chi connectivity index (χ1v) is 7.54. The van der Waals surface area contributed by atoms with Crippen molar-refractivity contribution in [1.29, 1.82) is 0 Å². The molecule has 3 heteroatoms. The second-order valence-electron chi connectivity index (χ2n) is 5.41. The van der Waals surface area contributed by atoms with Gasteiger partial charge in [-0.25, -0.2) is 0 Å². The van der Waals surface area contributed by atoms with Gasteiger partial charge in [-0.15, -0.1) is 0 Å². The molecule has 0 aliphatic carbocycles. The second kappa shape index (κ2) is 7.23. The molecule has 0 bridgehead atoms. The van der Waals surface area contributed by atoms with E-state index in [0.29, 0.717) is 12.6 Å². The lowest BCUT2D eigenvalue weighted by Gasteiger charge is -2.13. The molecule has 0 spiro atoms. The number of pyridine rings is 1. The Morgan fingerprint density at radius 2 is 1.90 bits per heavy atom. The highest BCUT2D eigenvalue weighted by Gasteiger charge is 2.09. The Bertz CT molecular complexity index is 594. The third-order valence-corrected chi connectivity index (χ3v) is 3.36. The molecule has 0 amide bonds. The summed E-state index contributed by atoms with van der Waals surface area (Å²) in [5.41, 5.74) is 4.31. The number of hydrogen-bond acceptors (Lipinski definition) is 3. The van der Waals surface area contributed by atoms with Gasteiger partial charge in [0.15, 0.2) is 0 Å². The van der Waals surface area contributed by atoms with E-state index in [1.807, 2.05) is 25.1 Å². The van der Waals surface area contributed by atoms with E-state index in [-0.39, 0.29) is 0 Å². The minimum atomic E-state index is 0.475. The first-order chi connectivity index (χ1) is 10.1. The SMILES string of the molecule is CCOc1ccccc1-c1ccc(CNC(C)C)c(C)n1. The number of aromatic nitrogens is 1. The maximum absolute atomic E-state index is 5.69. The molecule has 0 saturated carbocycles. The van der Waals surface area contributed by atoms with Crippen LogP contribution < -0.4 is 10.1 Å². The van der Waals surface area contributed by atoms with Gasteiger partial charge in [-0.05, 0) is 37.6 Å². The van der Waals surface area contributed by atoms with Gasteiger partial charge in [0.25, 0.3) is 0 Å². The highest BCUT2D eigenvalue weighted by molar-refractivity contribution is 5.67. The highest BCUT2D eigenvalue weighted by atomic mass is 16.5. The van der Waals surface area contributed by atoms with Crippen molar-refractivity contribution in [2.24, 2.45) is 0 Å². The number of nitrogens with one attached hydrogen (secondary N) is 1. The lowest BCUT2D eigenvalue weighted by Crippen LogP contribution is -2.22. The monoisotopic (exact) mass is 284 g/mol. The quantitative estimate of drug-likeness (QED) is 0.872. The molecule has 1 heterocycles. The van der Waals surface area contributed by atoms with Crippen LogP contribution in [0.4, 0.5) is 0 Å². The summed E-state index contributed by atoms with van der Waals surface area (Å²) in [5.74, 6) is 0.889. The fourth-order valence-corrected chi connectivity index (χ4v) is 2.20. The van der Waals surface area contributed by atoms with Crippen molar-refractivity contribution >= 4 is 0 Å². The maximum atomic E-state index is 5.69. The van der Waals surface area contributed by atoms with Crippen LogP contribution in [0, 0.1) is 6.92 Å². The molecule has 21 heavy (non-hydrogen) atoms. The lowest BCUT2D eigenvalue weighted by molar-refractivity contribution is 0.341. The van der Waals surface area contributed by atoms with Crippen LogP contribution in [0.1, 0.15) is 32.0 Å². The summed E-state index contributed by atoms with van der Waals surface area (Å²) in [5, 5.41) is 3.43. The molecule has 0 fully saturated rings. The predicted octanol–water partition coefficient (Wildman–Crippen LogP) is 3.95. The summed E-state index contributed by atoms with van der Waals surface area (Å²) >= 11 is 0. The van der Waals surface area contributed by atoms with Crippen LogP contribution in [-0.4, -0.2) is 17.6 Å². The minimum Gasteiger partial charge on any atom is -0.493 e. The summed E-state index contributed by atoms with van der Waals surface area (Å²) in [6.07, 6.45) is 0. The van der Waals surface area contributed by atoms with Crippen molar-refractivity contribution in [1.82, 2.24) is 10.3 Å². The normalized spacial score (nSPS) is 10.9. The molecule has 3 nitrogen and oxygen atoms in total. The summed E-state index contributed by atoms with van der Waals surface area (Å²) in [7, 11) is 0. The molecule has 1 N–H and O–H groups in total. The Kier molecular flexibility index (Phi) is 5.34. The number of ether oxygens (including phenoxy) is 1. The second-order valence-corrected chi connectivity index (χ2v) is 5.41. The molecular weight excluding hydrogens is 260 g/mol. The number of hydrogen-bond donors (Lipinski definition) is 1. The molecule has 0 aliphatic heterocycles. The molecule has 1 aromatic heterocycles. The van der Waals surface area contributed by atoms with Gasteiger partial charge in [-0.2, -0.15) is 0 Å². The molecule has 2 rings (SSSR count). The smallest absolute Gasteiger partial charge is 0.128 e. The summed E-state index contributed by atoms with van der Waals surface area (Å²) < 4.78 is 5.69. The predicted molar refractivity (Wildman–Crippen MR) is 87.6 cm³/mol. The minimum absolute atomic E-state index is 0.475. The molecule has 2 aromatic rings. The van der Waals surface area contributed by atoms with E-state index in [1.54, 1.807) is 0 Å². The first-order valence-electron chi connectivity index (χ1n) is 7.54. The molecule has 0 saturated heterocycles. The Morgan fingerprint density at radius 3 is 2.57 bits per heavy atom. The van der Waals surface area contributed by atoms with Crippen molar-refractivity contribution in [2.45, 2.75) is 40.3 Å². The van der Waals surface area contributed by atoms with E-state index in [9.17, 15) is 0 Å². The standard InChI is InChI=1S/C18H24N2O/c1-5-21-18-9-7-6-8-16(18)17-11-10-15(14(4)20-17)12-19-13(2)3/h6-11,13,19H,5,12H2,1-4H3. The lowest BCUT2D eigenvalue weighted by atomic mass is 10.1. The summed E-state index contributed by atoms with van der Waals surface area (Å²) in [6, 6.07) is 12.7. The molecule has 0 atom stereocenters. The van der Waals surface area contributed by atoms with Crippen LogP contribution >= 0.6 is 0 Å². The Balaban J connectivity index is 2.27. The molecule has 0 aliphatic rings. The van der Waals surface area contributed by atoms with Gasteiger partial charge >= 0.3 is 0 Å². The van der Waals surface area contributed by atoms with Gasteiger partial charge in [-0.1, -0.05) is 32.0 Å². The van der Waals surface area contributed by atoms with Crippen LogP contribution in [0.25, 0.3) is 11.3 Å². The fraction of sp³-hybridized carbons (Fsp3) is 0.389. The van der Waals surface area contributed by atoms with Gasteiger partial charge < -0.3 is 10.1 Å². The Morgan fingerprint density at radius 1 is 1.14 bits per heavy atom. The summed E-state index contributed by atoms with van der Waals surface area (Å²) in [6.45, 7) is 9.86. The average Bonchev–Trinajstić information content (AvgIpc) is 2.47. The zero-order valence-electron chi connectivity index (χ0n) is 13.3. The summed E-state index contributed by atoms with van der Waals surface area (Å²) in [4.78, 5) is 4.74. The number of para-hydroxylation sites is 1. The van der Waals surface area contributed by atoms with Crippen molar-refractivity contribution < 1.29 is 4.74 Å². The third-order valence-electron chi connectivity index (χ3n) is 3.36. The zero-order chi connectivity index (χ0) is 15.2. The fourth-order valence-electron chi connectivity index (χ4n) is 2.20. The van der Waals surface area contributed by atoms with Gasteiger partial charge in [-0.3, -0.25) is 4.98 Å². The zero-order valence-corrected chi connectivity index (χ0v) is 13.3. The van der Waals surface area contributed by atoms with Crippen LogP contribution in [-0.2, 0) is 6.54 Å². The topological polar surface area (TPSA) is 34.1 Å². The number of aryl methyl sites for hydroxylation is 1. The van der Waals surface area contributed by atoms with Gasteiger partial charge in [0.1, 0.15) is 5.75 Å². The first kappa shape index (κ1) is 15.5. The van der Waals surface area contributed by atoms with E-state index < -0.39 is 0 Å². The maximum Gasteiger partial charge on any atom is 0.128 e. The van der Waals surface area contributed by atoms with Gasteiger partial charge in [0.05, 0.1) is 12.3 Å². The van der Waals surface area contributed by atoms with Crippen molar-refractivity contribution in [2.75, 3.05) is 6.61 Å². The van der Waals surface area contributed by atoms with Gasteiger partial charge in [0, 0.05) is 23.8 Å². The van der Waals surface area contributed by atoms with E-state index in [4.69, 9.17) is 9.72 Å². The van der Waals surface area contributed by atoms with Crippen LogP contribution in [0.2, 0.25) is 0 Å². The van der Waals surface area contributed by atoms with E-state index in [2.05, 4.69) is 44.3 Å². The molecule has 1 aromatic carbocycles. The molecule has 112 valence electrons. The molecule has 0 radical (unpaired) electrons.